The summed E-state index contributed by atoms with van der Waals surface area (Å²) in [5, 5.41) is 36.6. The fourth-order valence-corrected chi connectivity index (χ4v) is 6.92. The number of nitrogens with zero attached hydrogens (tertiary/aromatic N) is 1. The summed E-state index contributed by atoms with van der Waals surface area (Å²) in [5.74, 6) is -6.57. The highest BCUT2D eigenvalue weighted by Gasteiger charge is 2.35. The number of aliphatic carboxylic acids is 2. The predicted octanol–water partition coefficient (Wildman–Crippen LogP) is 0.387. The number of likely N-dealkylation sites (N-methyl/N-ethyl adjacent to an activating group) is 1. The van der Waals surface area contributed by atoms with Crippen molar-refractivity contribution in [2.24, 2.45) is 28.3 Å². The van der Waals surface area contributed by atoms with E-state index in [2.05, 4.69) is 36.9 Å². The Kier molecular flexibility index (Phi) is 28.6. The molecule has 2 aromatic carbocycles. The molecule has 68 heavy (non-hydrogen) atoms. The second kappa shape index (κ2) is 32.5. The second-order valence-corrected chi connectivity index (χ2v) is 16.7. The topological polar surface area (TPSA) is 340 Å². The van der Waals surface area contributed by atoms with Gasteiger partial charge in [0.25, 0.3) is 0 Å². The first-order valence-corrected chi connectivity index (χ1v) is 22.7. The van der Waals surface area contributed by atoms with Crippen molar-refractivity contribution in [2.45, 2.75) is 116 Å². The minimum absolute atomic E-state index is 0.00110. The van der Waals surface area contributed by atoms with Gasteiger partial charge in [-0.25, -0.2) is 0 Å². The Balaban J connectivity index is 0.000000815. The third kappa shape index (κ3) is 23.0. The Morgan fingerprint density at radius 3 is 1.88 bits per heavy atom. The van der Waals surface area contributed by atoms with Crippen LogP contribution in [-0.2, 0) is 54.3 Å². The molecule has 21 heteroatoms. The van der Waals surface area contributed by atoms with Crippen LogP contribution in [-0.4, -0.2) is 147 Å². The van der Waals surface area contributed by atoms with Gasteiger partial charge in [0.2, 0.25) is 29.3 Å². The lowest BCUT2D eigenvalue weighted by atomic mass is 9.90. The Labute approximate surface area is 398 Å². The maximum Gasteiger partial charge on any atom is 0.303 e. The maximum absolute atomic E-state index is 13.5. The van der Waals surface area contributed by atoms with Gasteiger partial charge in [0.15, 0.2) is 11.7 Å². The van der Waals surface area contributed by atoms with Gasteiger partial charge in [-0.3, -0.25) is 48.1 Å². The van der Waals surface area contributed by atoms with Gasteiger partial charge < -0.3 is 58.3 Å². The minimum atomic E-state index is -1.15. The number of guanidine groups is 1. The number of benzene rings is 2. The molecule has 0 bridgehead atoms. The fourth-order valence-electron chi connectivity index (χ4n) is 6.92. The van der Waals surface area contributed by atoms with E-state index in [1.54, 1.807) is 27.9 Å². The number of ether oxygens (including phenoxy) is 1. The molecule has 12 N–H and O–H groups in total. The number of aliphatic imine (C=N–C) groups is 1. The number of carboxylic acid groups (broad SMARTS) is 2. The molecule has 0 aliphatic heterocycles. The normalized spacial score (nSPS) is 13.6. The zero-order valence-corrected chi connectivity index (χ0v) is 40.4. The second-order valence-electron chi connectivity index (χ2n) is 16.7. The number of nitrogens with two attached hydrogens (primary N) is 2. The Bertz CT molecular complexity index is 2020. The summed E-state index contributed by atoms with van der Waals surface area (Å²) in [6.07, 6.45) is 1.01. The van der Waals surface area contributed by atoms with Crippen LogP contribution in [0.2, 0.25) is 0 Å². The number of Topliss-reactive ketones (excluding diaryl/α,β-unsaturated/α-hetero) is 4. The van der Waals surface area contributed by atoms with Crippen molar-refractivity contribution < 1.29 is 58.1 Å². The highest BCUT2D eigenvalue weighted by Crippen LogP contribution is 2.22. The predicted molar refractivity (Wildman–Crippen MR) is 256 cm³/mol. The first kappa shape index (κ1) is 59.9. The van der Waals surface area contributed by atoms with Gasteiger partial charge in [-0.1, -0.05) is 56.3 Å². The highest BCUT2D eigenvalue weighted by molar-refractivity contribution is 6.41. The van der Waals surface area contributed by atoms with Gasteiger partial charge in [0.05, 0.1) is 24.2 Å². The molecule has 0 fully saturated rings. The first-order valence-electron chi connectivity index (χ1n) is 22.7. The monoisotopic (exact) mass is 956 g/mol. The lowest BCUT2D eigenvalue weighted by Crippen LogP contribution is -2.55. The van der Waals surface area contributed by atoms with Crippen LogP contribution in [0, 0.1) is 11.8 Å². The SMILES string of the molecule is CNCCC(=O)N[C@@H](CCOC)C(=O)N[C@@H](CCC(=O)O)C(C)=O.CN[C@@H](CCCN=C(N)N)C(=O)N[C@H](C(=O)C(=O)[C@H](CCC(=O)O)NC[C@@H](Cc1cccc2ccccc12)C(C)=O)C(C)C. The largest absolute Gasteiger partial charge is 0.481 e. The summed E-state index contributed by atoms with van der Waals surface area (Å²) in [7, 11) is 4.79. The number of hydrogen-bond acceptors (Lipinski definition) is 14. The fraction of sp³-hybridized carbons (Fsp3) is 0.574. The summed E-state index contributed by atoms with van der Waals surface area (Å²) < 4.78 is 4.93. The van der Waals surface area contributed by atoms with Crippen LogP contribution in [0.3, 0.4) is 0 Å². The molecule has 0 saturated heterocycles. The van der Waals surface area contributed by atoms with E-state index in [9.17, 15) is 48.3 Å². The van der Waals surface area contributed by atoms with Crippen LogP contribution in [0.5, 0.6) is 0 Å². The number of ketones is 4. The highest BCUT2D eigenvalue weighted by atomic mass is 16.5. The number of carbonyl (C=O) groups is 9. The van der Waals surface area contributed by atoms with Crippen molar-refractivity contribution in [1.82, 2.24) is 31.9 Å². The summed E-state index contributed by atoms with van der Waals surface area (Å²) in [4.78, 5) is 114. The van der Waals surface area contributed by atoms with Crippen LogP contribution in [0.1, 0.15) is 84.6 Å². The number of amides is 3. The van der Waals surface area contributed by atoms with Gasteiger partial charge in [-0.2, -0.15) is 0 Å². The summed E-state index contributed by atoms with van der Waals surface area (Å²) in [6.45, 7) is 7.29. The van der Waals surface area contributed by atoms with E-state index in [4.69, 9.17) is 21.3 Å². The first-order chi connectivity index (χ1) is 32.2. The Hall–Kier alpha value is -6.16. The van der Waals surface area contributed by atoms with Crippen molar-refractivity contribution in [3.63, 3.8) is 0 Å². The van der Waals surface area contributed by atoms with Crippen LogP contribution >= 0.6 is 0 Å². The number of nitrogens with one attached hydrogen (secondary N) is 6. The lowest BCUT2D eigenvalue weighted by Gasteiger charge is -2.26. The van der Waals surface area contributed by atoms with E-state index in [-0.39, 0.29) is 75.1 Å². The van der Waals surface area contributed by atoms with Crippen molar-refractivity contribution >= 4 is 69.5 Å². The average Bonchev–Trinajstić information content (AvgIpc) is 3.28. The van der Waals surface area contributed by atoms with E-state index in [0.717, 1.165) is 16.3 Å². The lowest BCUT2D eigenvalue weighted by molar-refractivity contribution is -0.142. The van der Waals surface area contributed by atoms with Crippen LogP contribution in [0.15, 0.2) is 47.5 Å². The molecular formula is C47H73N9O12. The van der Waals surface area contributed by atoms with E-state index in [1.807, 2.05) is 42.5 Å². The van der Waals surface area contributed by atoms with E-state index in [0.29, 0.717) is 32.4 Å². The quantitative estimate of drug-likeness (QED) is 0.0200. The Morgan fingerprint density at radius 1 is 0.706 bits per heavy atom. The van der Waals surface area contributed by atoms with Crippen LogP contribution in [0.4, 0.5) is 0 Å². The smallest absolute Gasteiger partial charge is 0.303 e. The van der Waals surface area contributed by atoms with E-state index >= 15 is 0 Å². The van der Waals surface area contributed by atoms with Gasteiger partial charge in [-0.05, 0) is 88.7 Å². The zero-order valence-electron chi connectivity index (χ0n) is 40.4. The average molecular weight is 956 g/mol. The van der Waals surface area contributed by atoms with Gasteiger partial charge in [-0.15, -0.1) is 0 Å². The van der Waals surface area contributed by atoms with E-state index in [1.165, 1.54) is 21.0 Å². The molecule has 2 aromatic rings. The maximum atomic E-state index is 13.5. The molecular weight excluding hydrogens is 883 g/mol. The van der Waals surface area contributed by atoms with Crippen molar-refractivity contribution in [3.05, 3.63) is 48.0 Å². The molecule has 0 aromatic heterocycles. The third-order valence-electron chi connectivity index (χ3n) is 10.9. The van der Waals surface area contributed by atoms with Crippen molar-refractivity contribution in [1.29, 1.82) is 0 Å². The number of rotatable bonds is 33. The molecule has 0 unspecified atom stereocenters. The molecule has 6 atom stereocenters. The summed E-state index contributed by atoms with van der Waals surface area (Å²) in [5.41, 5.74) is 11.6. The van der Waals surface area contributed by atoms with Crippen LogP contribution < -0.4 is 43.4 Å². The minimum Gasteiger partial charge on any atom is -0.481 e. The summed E-state index contributed by atoms with van der Waals surface area (Å²) in [6, 6.07) is 9.02. The molecule has 0 radical (unpaired) electrons. The molecule has 0 aliphatic carbocycles. The molecule has 378 valence electrons. The standard InChI is InChI=1S/C32H46N6O6.C15H27N3O6/c1-19(2)28(38-31(44)26(35-4)13-8-16-36-32(33)34)30(43)29(42)25(14-15-27(40)41)37-18-23(20(3)39)17-22-11-7-10-21-9-5-6-12-24(21)22;1-10(19)11(4-5-14(21)22)18-15(23)12(7-9-24-3)17-13(20)6-8-16-2/h5-7,9-12,19,23,25-26,28,35,37H,8,13-18H2,1-4H3,(H,38,44)(H,40,41)(H4,33,34,36);11-12,16H,4-9H2,1-3H3,(H,17,20)(H,18,23)(H,21,22)/t23-,25+,26+,28+;11-,12-/m10/s1. The van der Waals surface area contributed by atoms with Crippen LogP contribution in [0.25, 0.3) is 10.8 Å². The molecule has 21 nitrogen and oxygen atoms in total. The molecule has 0 heterocycles. The number of fused-ring (bicyclic) bond motifs is 1. The molecule has 3 amide bonds. The number of carboxylic acids is 2. The van der Waals surface area contributed by atoms with Gasteiger partial charge in [0.1, 0.15) is 11.8 Å². The van der Waals surface area contributed by atoms with Gasteiger partial charge in [0, 0.05) is 58.5 Å². The van der Waals surface area contributed by atoms with E-state index < -0.39 is 77.4 Å². The number of carbonyl (C=O) groups excluding carboxylic acids is 7. The van der Waals surface area contributed by atoms with Crippen molar-refractivity contribution in [2.75, 3.05) is 47.4 Å². The number of hydrogen-bond donors (Lipinski definition) is 10. The molecule has 2 rings (SSSR count). The zero-order chi connectivity index (χ0) is 51.3. The summed E-state index contributed by atoms with van der Waals surface area (Å²) >= 11 is 0. The van der Waals surface area contributed by atoms with Crippen molar-refractivity contribution in [3.8, 4) is 0 Å². The third-order valence-corrected chi connectivity index (χ3v) is 10.9. The molecule has 0 aliphatic rings. The molecule has 0 saturated carbocycles. The Morgan fingerprint density at radius 2 is 1.32 bits per heavy atom. The van der Waals surface area contributed by atoms with Gasteiger partial charge >= 0.3 is 11.9 Å². The molecule has 0 spiro atoms. The number of methoxy groups -OCH3 is 1.